The molecule has 1 aliphatic heterocycles. The molecule has 1 heterocycles. The Morgan fingerprint density at radius 3 is 2.40 bits per heavy atom. The number of nitriles is 1. The number of carbonyl (C=O) groups excluding carboxylic acids is 1. The lowest BCUT2D eigenvalue weighted by Gasteiger charge is -2.34. The first-order valence-electron chi connectivity index (χ1n) is 6.97. The maximum absolute atomic E-state index is 12.3. The molecule has 3 N–H and O–H groups in total. The van der Waals surface area contributed by atoms with Crippen LogP contribution in [0.5, 0.6) is 0 Å². The second-order valence-corrected chi connectivity index (χ2v) is 5.99. The summed E-state index contributed by atoms with van der Waals surface area (Å²) < 4.78 is 0. The van der Waals surface area contributed by atoms with Gasteiger partial charge in [-0.05, 0) is 20.8 Å². The van der Waals surface area contributed by atoms with E-state index in [4.69, 9.17) is 11.0 Å². The minimum absolute atomic E-state index is 0.159. The summed E-state index contributed by atoms with van der Waals surface area (Å²) in [7, 11) is 0. The Hall–Kier alpha value is -1.58. The van der Waals surface area contributed by atoms with Crippen molar-refractivity contribution < 1.29 is 4.79 Å². The number of nitrogens with two attached hydrogens (primary N) is 1. The number of hydrogen-bond acceptors (Lipinski definition) is 5. The van der Waals surface area contributed by atoms with E-state index in [0.29, 0.717) is 19.6 Å². The fourth-order valence-corrected chi connectivity index (χ4v) is 1.96. The lowest BCUT2D eigenvalue weighted by atomic mass is 10.1. The summed E-state index contributed by atoms with van der Waals surface area (Å²) in [5.41, 5.74) is 5.52. The van der Waals surface area contributed by atoms with Crippen molar-refractivity contribution in [3.63, 3.8) is 0 Å². The highest BCUT2D eigenvalue weighted by atomic mass is 16.2. The van der Waals surface area contributed by atoms with Crippen LogP contribution in [-0.4, -0.2) is 60.5 Å². The maximum atomic E-state index is 12.3. The second kappa shape index (κ2) is 7.27. The second-order valence-electron chi connectivity index (χ2n) is 5.99. The molecule has 0 radical (unpaired) electrons. The van der Waals surface area contributed by atoms with Gasteiger partial charge in [-0.1, -0.05) is 0 Å². The normalized spacial score (nSPS) is 17.8. The highest BCUT2D eigenvalue weighted by Crippen LogP contribution is 2.07. The Morgan fingerprint density at radius 2 is 1.95 bits per heavy atom. The van der Waals surface area contributed by atoms with Gasteiger partial charge in [0.05, 0.1) is 0 Å². The molecule has 0 unspecified atom stereocenters. The molecule has 0 saturated carbocycles. The third kappa shape index (κ3) is 5.19. The summed E-state index contributed by atoms with van der Waals surface area (Å²) in [6, 6.07) is 1.98. The van der Waals surface area contributed by atoms with Crippen molar-refractivity contribution in [2.45, 2.75) is 26.3 Å². The summed E-state index contributed by atoms with van der Waals surface area (Å²) in [6.45, 7) is 10.3. The average molecular weight is 279 g/mol. The van der Waals surface area contributed by atoms with Crippen LogP contribution in [0.3, 0.4) is 0 Å². The third-order valence-electron chi connectivity index (χ3n) is 3.11. The predicted molar refractivity (Wildman–Crippen MR) is 78.7 cm³/mol. The molecule has 1 aliphatic rings. The summed E-state index contributed by atoms with van der Waals surface area (Å²) in [5, 5.41) is 12.2. The van der Waals surface area contributed by atoms with E-state index in [2.05, 4.69) is 10.2 Å². The van der Waals surface area contributed by atoms with E-state index in [1.807, 2.05) is 26.8 Å². The van der Waals surface area contributed by atoms with Gasteiger partial charge in [0.25, 0.3) is 5.91 Å². The Morgan fingerprint density at radius 1 is 1.35 bits per heavy atom. The van der Waals surface area contributed by atoms with Crippen LogP contribution in [0.25, 0.3) is 0 Å². The molecule has 0 aromatic carbocycles. The summed E-state index contributed by atoms with van der Waals surface area (Å²) in [6.07, 6.45) is 1.52. The van der Waals surface area contributed by atoms with Gasteiger partial charge in [-0.15, -0.1) is 0 Å². The number of amides is 1. The van der Waals surface area contributed by atoms with Crippen molar-refractivity contribution >= 4 is 5.91 Å². The molecule has 0 bridgehead atoms. The number of nitrogens with zero attached hydrogens (tertiary/aromatic N) is 3. The monoisotopic (exact) mass is 279 g/mol. The minimum Gasteiger partial charge on any atom is -0.385 e. The van der Waals surface area contributed by atoms with Gasteiger partial charge in [-0.25, -0.2) is 0 Å². The van der Waals surface area contributed by atoms with E-state index < -0.39 is 0 Å². The van der Waals surface area contributed by atoms with E-state index in [-0.39, 0.29) is 17.0 Å². The fourth-order valence-electron chi connectivity index (χ4n) is 1.96. The standard InChI is InChI=1S/C14H25N5O/c1-14(2,3)17-11-12(10-16)13(20)19-8-6-18(5-4-15)7-9-19/h11,17H,4-9,15H2,1-3H3/b12-11-. The third-order valence-corrected chi connectivity index (χ3v) is 3.11. The zero-order valence-electron chi connectivity index (χ0n) is 12.6. The molecule has 1 fully saturated rings. The number of rotatable bonds is 4. The van der Waals surface area contributed by atoms with Gasteiger partial charge in [0.2, 0.25) is 0 Å². The molecule has 0 aromatic rings. The molecule has 0 aromatic heterocycles. The Labute approximate surface area is 121 Å². The first kappa shape index (κ1) is 16.5. The molecule has 0 aliphatic carbocycles. The summed E-state index contributed by atoms with van der Waals surface area (Å²) >= 11 is 0. The van der Waals surface area contributed by atoms with Crippen LogP contribution in [-0.2, 0) is 4.79 Å². The molecular weight excluding hydrogens is 254 g/mol. The van der Waals surface area contributed by atoms with Gasteiger partial charge in [0.15, 0.2) is 0 Å². The molecule has 6 nitrogen and oxygen atoms in total. The van der Waals surface area contributed by atoms with E-state index in [9.17, 15) is 4.79 Å². The van der Waals surface area contributed by atoms with Crippen molar-refractivity contribution in [1.82, 2.24) is 15.1 Å². The van der Waals surface area contributed by atoms with Crippen LogP contribution in [0, 0.1) is 11.3 Å². The molecule has 6 heteroatoms. The molecule has 112 valence electrons. The van der Waals surface area contributed by atoms with E-state index in [1.54, 1.807) is 4.90 Å². The van der Waals surface area contributed by atoms with Crippen LogP contribution >= 0.6 is 0 Å². The molecule has 1 amide bonds. The van der Waals surface area contributed by atoms with Crippen LogP contribution < -0.4 is 11.1 Å². The van der Waals surface area contributed by atoms with Crippen molar-refractivity contribution in [3.05, 3.63) is 11.8 Å². The molecule has 0 spiro atoms. The summed E-state index contributed by atoms with van der Waals surface area (Å²) in [4.78, 5) is 16.2. The topological polar surface area (TPSA) is 85.4 Å². The van der Waals surface area contributed by atoms with Gasteiger partial charge in [-0.3, -0.25) is 9.69 Å². The summed E-state index contributed by atoms with van der Waals surface area (Å²) in [5.74, 6) is -0.198. The fraction of sp³-hybridized carbons (Fsp3) is 0.714. The van der Waals surface area contributed by atoms with E-state index in [0.717, 1.165) is 19.6 Å². The average Bonchev–Trinajstić information content (AvgIpc) is 2.39. The molecule has 20 heavy (non-hydrogen) atoms. The van der Waals surface area contributed by atoms with Gasteiger partial charge in [0, 0.05) is 51.0 Å². The zero-order chi connectivity index (χ0) is 15.2. The van der Waals surface area contributed by atoms with Gasteiger partial charge >= 0.3 is 0 Å². The van der Waals surface area contributed by atoms with Crippen LogP contribution in [0.4, 0.5) is 0 Å². The predicted octanol–water partition coefficient (Wildman–Crippen LogP) is -0.115. The van der Waals surface area contributed by atoms with Crippen LogP contribution in [0.2, 0.25) is 0 Å². The van der Waals surface area contributed by atoms with Crippen molar-refractivity contribution in [2.75, 3.05) is 39.3 Å². The number of nitrogens with one attached hydrogen (secondary N) is 1. The number of piperazine rings is 1. The van der Waals surface area contributed by atoms with Crippen molar-refractivity contribution in [1.29, 1.82) is 5.26 Å². The van der Waals surface area contributed by atoms with Crippen LogP contribution in [0.1, 0.15) is 20.8 Å². The van der Waals surface area contributed by atoms with Gasteiger partial charge in [0.1, 0.15) is 11.6 Å². The van der Waals surface area contributed by atoms with E-state index in [1.165, 1.54) is 6.20 Å². The molecule has 1 saturated heterocycles. The lowest BCUT2D eigenvalue weighted by molar-refractivity contribution is -0.128. The van der Waals surface area contributed by atoms with Gasteiger partial charge < -0.3 is 16.0 Å². The SMILES string of the molecule is CC(C)(C)N/C=C(/C#N)C(=O)N1CCN(CCN)CC1. The Kier molecular flexibility index (Phi) is 5.99. The highest BCUT2D eigenvalue weighted by molar-refractivity contribution is 5.97. The van der Waals surface area contributed by atoms with Crippen LogP contribution in [0.15, 0.2) is 11.8 Å². The Bertz CT molecular complexity index is 397. The minimum atomic E-state index is -0.198. The Balaban J connectivity index is 2.59. The first-order valence-corrected chi connectivity index (χ1v) is 6.97. The molecular formula is C14H25N5O. The molecule has 0 atom stereocenters. The smallest absolute Gasteiger partial charge is 0.266 e. The van der Waals surface area contributed by atoms with Gasteiger partial charge in [-0.2, -0.15) is 5.26 Å². The lowest BCUT2D eigenvalue weighted by Crippen LogP contribution is -2.50. The van der Waals surface area contributed by atoms with E-state index >= 15 is 0 Å². The zero-order valence-corrected chi connectivity index (χ0v) is 12.6. The quantitative estimate of drug-likeness (QED) is 0.554. The first-order chi connectivity index (χ1) is 9.37. The largest absolute Gasteiger partial charge is 0.385 e. The van der Waals surface area contributed by atoms with Crippen molar-refractivity contribution in [3.8, 4) is 6.07 Å². The molecule has 1 rings (SSSR count). The number of hydrogen-bond donors (Lipinski definition) is 2. The van der Waals surface area contributed by atoms with Crippen molar-refractivity contribution in [2.24, 2.45) is 5.73 Å². The maximum Gasteiger partial charge on any atom is 0.266 e. The highest BCUT2D eigenvalue weighted by Gasteiger charge is 2.23. The number of carbonyl (C=O) groups is 1.